The third-order valence-electron chi connectivity index (χ3n) is 5.66. The first-order chi connectivity index (χ1) is 16.0. The van der Waals surface area contributed by atoms with Crippen molar-refractivity contribution in [2.75, 3.05) is 25.6 Å². The van der Waals surface area contributed by atoms with E-state index in [9.17, 15) is 4.79 Å². The zero-order valence-electron chi connectivity index (χ0n) is 19.3. The number of rotatable bonds is 8. The lowest BCUT2D eigenvalue weighted by Crippen LogP contribution is -2.26. The van der Waals surface area contributed by atoms with Crippen molar-refractivity contribution in [2.45, 2.75) is 26.4 Å². The van der Waals surface area contributed by atoms with Gasteiger partial charge in [0.1, 0.15) is 19.0 Å². The summed E-state index contributed by atoms with van der Waals surface area (Å²) < 4.78 is 16.6. The molecule has 0 aliphatic carbocycles. The van der Waals surface area contributed by atoms with Crippen molar-refractivity contribution in [3.8, 4) is 17.2 Å². The highest BCUT2D eigenvalue weighted by molar-refractivity contribution is 6.04. The molecular weight excluding hydrogens is 416 g/mol. The van der Waals surface area contributed by atoms with Crippen molar-refractivity contribution in [3.63, 3.8) is 0 Å². The van der Waals surface area contributed by atoms with Crippen molar-refractivity contribution >= 4 is 11.6 Å². The molecule has 1 aliphatic rings. The van der Waals surface area contributed by atoms with Gasteiger partial charge in [-0.15, -0.1) is 0 Å². The Labute approximate surface area is 194 Å². The molecule has 0 fully saturated rings. The molecule has 1 unspecified atom stereocenters. The second-order valence-electron chi connectivity index (χ2n) is 8.39. The summed E-state index contributed by atoms with van der Waals surface area (Å²) in [6.45, 7) is 6.22. The van der Waals surface area contributed by atoms with Gasteiger partial charge in [-0.1, -0.05) is 32.0 Å². The van der Waals surface area contributed by atoms with Crippen LogP contribution >= 0.6 is 0 Å². The van der Waals surface area contributed by atoms with Crippen LogP contribution in [0, 0.1) is 5.92 Å². The molecule has 3 aromatic carbocycles. The number of anilines is 1. The van der Waals surface area contributed by atoms with Crippen LogP contribution in [-0.4, -0.2) is 26.2 Å². The Morgan fingerprint density at radius 3 is 2.45 bits per heavy atom. The molecule has 0 bridgehead atoms. The van der Waals surface area contributed by atoms with Crippen LogP contribution in [-0.2, 0) is 6.54 Å². The maximum absolute atomic E-state index is 12.6. The maximum atomic E-state index is 12.6. The molecule has 33 heavy (non-hydrogen) atoms. The third-order valence-corrected chi connectivity index (χ3v) is 5.66. The molecule has 172 valence electrons. The van der Waals surface area contributed by atoms with Crippen LogP contribution in [0.5, 0.6) is 17.2 Å². The highest BCUT2D eigenvalue weighted by Gasteiger charge is 2.19. The van der Waals surface area contributed by atoms with E-state index in [2.05, 4.69) is 42.7 Å². The highest BCUT2D eigenvalue weighted by Crippen LogP contribution is 2.34. The summed E-state index contributed by atoms with van der Waals surface area (Å²) in [6.07, 6.45) is 0. The lowest BCUT2D eigenvalue weighted by molar-refractivity contribution is 0.102. The Bertz CT molecular complexity index is 1100. The van der Waals surface area contributed by atoms with E-state index in [1.54, 1.807) is 31.4 Å². The molecule has 0 saturated heterocycles. The van der Waals surface area contributed by atoms with Gasteiger partial charge in [-0.05, 0) is 65.6 Å². The summed E-state index contributed by atoms with van der Waals surface area (Å²) in [4.78, 5) is 12.6. The number of hydrogen-bond acceptors (Lipinski definition) is 5. The van der Waals surface area contributed by atoms with Gasteiger partial charge >= 0.3 is 0 Å². The predicted molar refractivity (Wildman–Crippen MR) is 129 cm³/mol. The van der Waals surface area contributed by atoms with Crippen LogP contribution in [0.3, 0.4) is 0 Å². The minimum atomic E-state index is -0.154. The number of ether oxygens (including phenoxy) is 3. The van der Waals surface area contributed by atoms with E-state index in [0.717, 1.165) is 28.5 Å². The lowest BCUT2D eigenvalue weighted by atomic mass is 9.95. The number of methoxy groups -OCH3 is 1. The van der Waals surface area contributed by atoms with Crippen LogP contribution in [0.15, 0.2) is 66.7 Å². The second kappa shape index (κ2) is 10.4. The van der Waals surface area contributed by atoms with Crippen LogP contribution in [0.1, 0.15) is 41.4 Å². The fourth-order valence-electron chi connectivity index (χ4n) is 3.92. The van der Waals surface area contributed by atoms with Crippen molar-refractivity contribution in [1.29, 1.82) is 0 Å². The van der Waals surface area contributed by atoms with Crippen molar-refractivity contribution in [2.24, 2.45) is 5.92 Å². The van der Waals surface area contributed by atoms with Crippen molar-refractivity contribution < 1.29 is 19.0 Å². The quantitative estimate of drug-likeness (QED) is 0.497. The van der Waals surface area contributed by atoms with Crippen LogP contribution in [0.25, 0.3) is 0 Å². The first-order valence-corrected chi connectivity index (χ1v) is 11.2. The largest absolute Gasteiger partial charge is 0.497 e. The summed E-state index contributed by atoms with van der Waals surface area (Å²) >= 11 is 0. The molecule has 3 aromatic rings. The van der Waals surface area contributed by atoms with Gasteiger partial charge in [0.2, 0.25) is 0 Å². The molecule has 4 rings (SSSR count). The minimum Gasteiger partial charge on any atom is -0.497 e. The van der Waals surface area contributed by atoms with Crippen LogP contribution in [0.2, 0.25) is 0 Å². The first-order valence-electron chi connectivity index (χ1n) is 11.2. The van der Waals surface area contributed by atoms with Gasteiger partial charge in [0, 0.05) is 23.8 Å². The summed E-state index contributed by atoms with van der Waals surface area (Å²) in [7, 11) is 1.60. The number of carbonyl (C=O) groups is 1. The highest BCUT2D eigenvalue weighted by atomic mass is 16.6. The number of nitrogens with one attached hydrogen (secondary N) is 2. The molecule has 2 N–H and O–H groups in total. The molecular formula is C27H30N2O4. The standard InChI is InChI=1S/C27H30N2O4/c1-18(2)26(21-9-12-24-25(16-21)33-14-13-32-24)28-17-19-5-4-6-22(15-19)29-27(30)20-7-10-23(31-3)11-8-20/h4-12,15-16,18,26,28H,13-14,17H2,1-3H3,(H,29,30). The Morgan fingerprint density at radius 1 is 0.970 bits per heavy atom. The van der Waals surface area contributed by atoms with E-state index in [1.165, 1.54) is 5.56 Å². The molecule has 0 radical (unpaired) electrons. The smallest absolute Gasteiger partial charge is 0.255 e. The number of carbonyl (C=O) groups excluding carboxylic acids is 1. The molecule has 0 spiro atoms. The summed E-state index contributed by atoms with van der Waals surface area (Å²) in [6, 6.07) is 21.2. The van der Waals surface area contributed by atoms with Gasteiger partial charge in [-0.2, -0.15) is 0 Å². The molecule has 6 nitrogen and oxygen atoms in total. The number of hydrogen-bond donors (Lipinski definition) is 2. The predicted octanol–water partition coefficient (Wildman–Crippen LogP) is 5.21. The lowest BCUT2D eigenvalue weighted by Gasteiger charge is -2.25. The normalized spacial score (nSPS) is 13.5. The van der Waals surface area contributed by atoms with Gasteiger partial charge in [0.15, 0.2) is 11.5 Å². The van der Waals surface area contributed by atoms with Crippen LogP contribution in [0.4, 0.5) is 5.69 Å². The van der Waals surface area contributed by atoms with Gasteiger partial charge in [-0.3, -0.25) is 4.79 Å². The Kier molecular flexibility index (Phi) is 7.15. The molecule has 0 saturated carbocycles. The molecule has 1 atom stereocenters. The fraction of sp³-hybridized carbons (Fsp3) is 0.296. The Morgan fingerprint density at radius 2 is 1.73 bits per heavy atom. The average molecular weight is 447 g/mol. The van der Waals surface area contributed by atoms with Gasteiger partial charge in [0.05, 0.1) is 7.11 Å². The van der Waals surface area contributed by atoms with E-state index in [1.807, 2.05) is 24.3 Å². The summed E-state index contributed by atoms with van der Waals surface area (Å²) in [5.74, 6) is 2.55. The monoisotopic (exact) mass is 446 g/mol. The zero-order valence-corrected chi connectivity index (χ0v) is 19.3. The Hall–Kier alpha value is -3.51. The van der Waals surface area contributed by atoms with E-state index in [4.69, 9.17) is 14.2 Å². The van der Waals surface area contributed by atoms with E-state index >= 15 is 0 Å². The molecule has 1 amide bonds. The van der Waals surface area contributed by atoms with Gasteiger partial charge in [-0.25, -0.2) is 0 Å². The van der Waals surface area contributed by atoms with E-state index < -0.39 is 0 Å². The average Bonchev–Trinajstić information content (AvgIpc) is 2.84. The third kappa shape index (κ3) is 5.65. The maximum Gasteiger partial charge on any atom is 0.255 e. The van der Waals surface area contributed by atoms with E-state index in [-0.39, 0.29) is 11.9 Å². The number of fused-ring (bicyclic) bond motifs is 1. The minimum absolute atomic E-state index is 0.151. The topological polar surface area (TPSA) is 68.8 Å². The van der Waals surface area contributed by atoms with Crippen LogP contribution < -0.4 is 24.8 Å². The van der Waals surface area contributed by atoms with Crippen molar-refractivity contribution in [3.05, 3.63) is 83.4 Å². The summed E-state index contributed by atoms with van der Waals surface area (Å²) in [5.41, 5.74) is 3.59. The first kappa shape index (κ1) is 22.7. The molecule has 1 aliphatic heterocycles. The van der Waals surface area contributed by atoms with Gasteiger partial charge < -0.3 is 24.8 Å². The fourth-order valence-corrected chi connectivity index (χ4v) is 3.92. The van der Waals surface area contributed by atoms with Gasteiger partial charge in [0.25, 0.3) is 5.91 Å². The zero-order chi connectivity index (χ0) is 23.2. The van der Waals surface area contributed by atoms with E-state index in [0.29, 0.717) is 31.2 Å². The number of benzene rings is 3. The summed E-state index contributed by atoms with van der Waals surface area (Å²) in [5, 5.41) is 6.63. The van der Waals surface area contributed by atoms with Crippen molar-refractivity contribution in [1.82, 2.24) is 5.32 Å². The Balaban J connectivity index is 1.42. The number of amides is 1. The molecule has 1 heterocycles. The SMILES string of the molecule is COc1ccc(C(=O)Nc2cccc(CNC(c3ccc4c(c3)OCCO4)C(C)C)c2)cc1. The molecule has 0 aromatic heterocycles. The second-order valence-corrected chi connectivity index (χ2v) is 8.39. The molecule has 6 heteroatoms.